The lowest BCUT2D eigenvalue weighted by Gasteiger charge is -2.06. The fourth-order valence-corrected chi connectivity index (χ4v) is 0.867. The lowest BCUT2D eigenvalue weighted by molar-refractivity contribution is 0.284. The van der Waals surface area contributed by atoms with Gasteiger partial charge < -0.3 is 4.57 Å². The highest BCUT2D eigenvalue weighted by Crippen LogP contribution is 1.98. The van der Waals surface area contributed by atoms with Gasteiger partial charge in [-0.05, 0) is 6.42 Å². The second-order valence-electron chi connectivity index (χ2n) is 2.57. The van der Waals surface area contributed by atoms with Crippen LogP contribution in [-0.4, -0.2) is 15.7 Å². The van der Waals surface area contributed by atoms with Crippen LogP contribution in [0.4, 0.5) is 4.39 Å². The average Bonchev–Trinajstić information content (AvgIpc) is 2.09. The zero-order valence-electron chi connectivity index (χ0n) is 6.90. The molecule has 0 aliphatic carbocycles. The first-order chi connectivity index (χ1) is 5.74. The molecule has 66 valence electrons. The Kier molecular flexibility index (Phi) is 2.96. The third-order valence-corrected chi connectivity index (χ3v) is 1.64. The van der Waals surface area contributed by atoms with Crippen molar-refractivity contribution in [3.8, 4) is 0 Å². The van der Waals surface area contributed by atoms with E-state index >= 15 is 0 Å². The minimum absolute atomic E-state index is 0.123. The minimum Gasteiger partial charge on any atom is -0.310 e. The summed E-state index contributed by atoms with van der Waals surface area (Å²) in [5.74, 6) is 0. The summed E-state index contributed by atoms with van der Waals surface area (Å²) in [4.78, 5) is 14.6. The Morgan fingerprint density at radius 1 is 1.75 bits per heavy atom. The van der Waals surface area contributed by atoms with E-state index in [1.807, 2.05) is 0 Å². The van der Waals surface area contributed by atoms with E-state index in [9.17, 15) is 9.18 Å². The first kappa shape index (κ1) is 8.90. The topological polar surface area (TPSA) is 34.9 Å². The predicted octanol–water partition coefficient (Wildman–Crippen LogP) is 0.991. The maximum atomic E-state index is 12.8. The summed E-state index contributed by atoms with van der Waals surface area (Å²) in [6.07, 6.45) is 3.62. The molecule has 1 aromatic heterocycles. The van der Waals surface area contributed by atoms with Gasteiger partial charge in [-0.15, -0.1) is 0 Å². The van der Waals surface area contributed by atoms with E-state index in [2.05, 4.69) is 4.98 Å². The molecule has 4 heteroatoms. The van der Waals surface area contributed by atoms with E-state index in [0.717, 1.165) is 0 Å². The van der Waals surface area contributed by atoms with Crippen molar-refractivity contribution >= 4 is 0 Å². The van der Waals surface area contributed by atoms with Crippen molar-refractivity contribution in [2.45, 2.75) is 26.1 Å². The summed E-state index contributed by atoms with van der Waals surface area (Å²) in [6.45, 7) is 1.87. The van der Waals surface area contributed by atoms with E-state index in [4.69, 9.17) is 0 Å². The van der Waals surface area contributed by atoms with E-state index in [0.29, 0.717) is 6.42 Å². The summed E-state index contributed by atoms with van der Waals surface area (Å²) in [7, 11) is 0. The zero-order chi connectivity index (χ0) is 8.97. The molecule has 0 amide bonds. The Balaban J connectivity index is 2.76. The van der Waals surface area contributed by atoms with Crippen LogP contribution >= 0.6 is 0 Å². The van der Waals surface area contributed by atoms with Crippen LogP contribution in [-0.2, 0) is 6.54 Å². The molecule has 0 N–H and O–H groups in total. The standard InChI is InChI=1S/C8H11FN2O/c1-2-7(9)6-11-4-3-10-5-8(11)12/h3-5,7H,2,6H2,1H3. The summed E-state index contributed by atoms with van der Waals surface area (Å²) >= 11 is 0. The van der Waals surface area contributed by atoms with Crippen LogP contribution in [0.2, 0.25) is 0 Å². The number of rotatable bonds is 3. The molecule has 0 radical (unpaired) electrons. The molecule has 0 aromatic carbocycles. The molecule has 0 saturated heterocycles. The number of halogens is 1. The summed E-state index contributed by atoms with van der Waals surface area (Å²) in [5.41, 5.74) is -0.256. The van der Waals surface area contributed by atoms with Gasteiger partial charge in [0, 0.05) is 12.4 Å². The highest BCUT2D eigenvalue weighted by atomic mass is 19.1. The van der Waals surface area contributed by atoms with Gasteiger partial charge in [-0.2, -0.15) is 0 Å². The van der Waals surface area contributed by atoms with Gasteiger partial charge in [-0.25, -0.2) is 4.39 Å². The van der Waals surface area contributed by atoms with Crippen molar-refractivity contribution in [1.82, 2.24) is 9.55 Å². The van der Waals surface area contributed by atoms with Crippen LogP contribution in [0.15, 0.2) is 23.4 Å². The van der Waals surface area contributed by atoms with Gasteiger partial charge in [0.25, 0.3) is 5.56 Å². The second-order valence-corrected chi connectivity index (χ2v) is 2.57. The molecular formula is C8H11FN2O. The molecule has 1 unspecified atom stereocenters. The van der Waals surface area contributed by atoms with Crippen molar-refractivity contribution in [2.24, 2.45) is 0 Å². The summed E-state index contributed by atoms with van der Waals surface area (Å²) in [6, 6.07) is 0. The highest BCUT2D eigenvalue weighted by Gasteiger charge is 2.04. The van der Waals surface area contributed by atoms with E-state index in [-0.39, 0.29) is 12.1 Å². The molecule has 0 saturated carbocycles. The van der Waals surface area contributed by atoms with Crippen molar-refractivity contribution in [3.63, 3.8) is 0 Å². The van der Waals surface area contributed by atoms with Gasteiger partial charge >= 0.3 is 0 Å². The first-order valence-corrected chi connectivity index (χ1v) is 3.88. The van der Waals surface area contributed by atoms with Gasteiger partial charge in [0.2, 0.25) is 0 Å². The molecule has 0 spiro atoms. The van der Waals surface area contributed by atoms with Gasteiger partial charge in [0.15, 0.2) is 0 Å². The largest absolute Gasteiger partial charge is 0.310 e. The molecule has 0 aliphatic rings. The molecule has 0 fully saturated rings. The number of alkyl halides is 1. The molecule has 1 aromatic rings. The van der Waals surface area contributed by atoms with Gasteiger partial charge in [0.1, 0.15) is 6.17 Å². The van der Waals surface area contributed by atoms with E-state index < -0.39 is 6.17 Å². The first-order valence-electron chi connectivity index (χ1n) is 3.88. The Hall–Kier alpha value is -1.19. The SMILES string of the molecule is CCC(F)Cn1ccncc1=O. The number of aromatic nitrogens is 2. The van der Waals surface area contributed by atoms with Crippen molar-refractivity contribution in [2.75, 3.05) is 0 Å². The molecule has 0 aliphatic heterocycles. The zero-order valence-corrected chi connectivity index (χ0v) is 6.90. The quantitative estimate of drug-likeness (QED) is 0.678. The van der Waals surface area contributed by atoms with Crippen LogP contribution in [0.5, 0.6) is 0 Å². The lowest BCUT2D eigenvalue weighted by Crippen LogP contribution is -2.23. The normalized spacial score (nSPS) is 12.8. The molecule has 0 bridgehead atoms. The third-order valence-electron chi connectivity index (χ3n) is 1.64. The average molecular weight is 170 g/mol. The molecule has 1 heterocycles. The number of nitrogens with zero attached hydrogens (tertiary/aromatic N) is 2. The van der Waals surface area contributed by atoms with Gasteiger partial charge in [-0.3, -0.25) is 9.78 Å². The Bertz CT molecular complexity index is 297. The molecular weight excluding hydrogens is 159 g/mol. The lowest BCUT2D eigenvalue weighted by atomic mass is 10.3. The predicted molar refractivity (Wildman–Crippen MR) is 43.7 cm³/mol. The van der Waals surface area contributed by atoms with Gasteiger partial charge in [0.05, 0.1) is 12.7 Å². The fraction of sp³-hybridized carbons (Fsp3) is 0.500. The molecule has 1 rings (SSSR count). The van der Waals surface area contributed by atoms with Crippen LogP contribution in [0.3, 0.4) is 0 Å². The number of hydrogen-bond donors (Lipinski definition) is 0. The smallest absolute Gasteiger partial charge is 0.269 e. The minimum atomic E-state index is -0.954. The van der Waals surface area contributed by atoms with E-state index in [1.165, 1.54) is 23.2 Å². The van der Waals surface area contributed by atoms with Crippen molar-refractivity contribution < 1.29 is 4.39 Å². The van der Waals surface area contributed by atoms with Crippen LogP contribution in [0, 0.1) is 0 Å². The Morgan fingerprint density at radius 3 is 3.08 bits per heavy atom. The maximum absolute atomic E-state index is 12.8. The molecule has 12 heavy (non-hydrogen) atoms. The third kappa shape index (κ3) is 2.15. The monoisotopic (exact) mass is 170 g/mol. The fourth-order valence-electron chi connectivity index (χ4n) is 0.867. The van der Waals surface area contributed by atoms with Crippen LogP contribution < -0.4 is 5.56 Å². The van der Waals surface area contributed by atoms with Gasteiger partial charge in [-0.1, -0.05) is 6.92 Å². The van der Waals surface area contributed by atoms with E-state index in [1.54, 1.807) is 6.92 Å². The maximum Gasteiger partial charge on any atom is 0.269 e. The summed E-state index contributed by atoms with van der Waals surface area (Å²) < 4.78 is 14.1. The van der Waals surface area contributed by atoms with Crippen molar-refractivity contribution in [1.29, 1.82) is 0 Å². The Labute approximate surface area is 69.9 Å². The second kappa shape index (κ2) is 3.99. The molecule has 1 atom stereocenters. The summed E-state index contributed by atoms with van der Waals surface area (Å²) in [5, 5.41) is 0. The molecule has 3 nitrogen and oxygen atoms in total. The van der Waals surface area contributed by atoms with Crippen LogP contribution in [0.1, 0.15) is 13.3 Å². The number of hydrogen-bond acceptors (Lipinski definition) is 2. The Morgan fingerprint density at radius 2 is 2.50 bits per heavy atom. The highest BCUT2D eigenvalue weighted by molar-refractivity contribution is 4.80. The van der Waals surface area contributed by atoms with Crippen LogP contribution in [0.25, 0.3) is 0 Å². The van der Waals surface area contributed by atoms with Crippen molar-refractivity contribution in [3.05, 3.63) is 28.9 Å².